The van der Waals surface area contributed by atoms with Gasteiger partial charge in [0.25, 0.3) is 12.0 Å². The molecule has 0 unspecified atom stereocenters. The molecule has 1 aliphatic rings. The van der Waals surface area contributed by atoms with Gasteiger partial charge in [-0.05, 0) is 31.4 Å². The van der Waals surface area contributed by atoms with E-state index in [1.807, 2.05) is 6.07 Å². The number of H-pyrrole nitrogens is 1. The molecule has 4 heterocycles. The normalized spacial score (nSPS) is 18.8. The Kier molecular flexibility index (Phi) is 5.57. The summed E-state index contributed by atoms with van der Waals surface area (Å²) in [5.41, 5.74) is -1.61. The summed E-state index contributed by atoms with van der Waals surface area (Å²) >= 11 is 0. The molecule has 0 aromatic carbocycles. The van der Waals surface area contributed by atoms with E-state index in [0.29, 0.717) is 18.4 Å². The van der Waals surface area contributed by atoms with Gasteiger partial charge in [-0.3, -0.25) is 14.5 Å². The second-order valence-corrected chi connectivity index (χ2v) is 8.51. The van der Waals surface area contributed by atoms with Crippen LogP contribution >= 0.6 is 0 Å². The predicted molar refractivity (Wildman–Crippen MR) is 114 cm³/mol. The standard InChI is InChI=1S/C22H17F5N8O/c1-10(11-2-5-16(29-7-11)22(25,26)27)35-20-17(14(6-28)33-35)21(36)32-19(31-20)13-3-4-15(13)34-9-12(8-30-34)18(23)24/h2,5,7-10,13,15,18H,3-4H2,1H3,(H,31,32,36)/t10-,13+,15+/m0/s1. The molecule has 9 nitrogen and oxygen atoms in total. The molecular weight excluding hydrogens is 487 g/mol. The van der Waals surface area contributed by atoms with E-state index in [2.05, 4.69) is 25.1 Å². The molecule has 1 N–H and O–H groups in total. The second kappa shape index (κ2) is 8.51. The largest absolute Gasteiger partial charge is 0.433 e. The number of rotatable bonds is 5. The number of aromatic nitrogens is 7. The number of fused-ring (bicyclic) bond motifs is 1. The molecule has 0 bridgehead atoms. The summed E-state index contributed by atoms with van der Waals surface area (Å²) in [6.45, 7) is 1.63. The molecule has 3 atom stereocenters. The van der Waals surface area contributed by atoms with E-state index in [1.54, 1.807) is 6.92 Å². The van der Waals surface area contributed by atoms with Crippen molar-refractivity contribution in [2.24, 2.45) is 0 Å². The Bertz CT molecular complexity index is 1530. The van der Waals surface area contributed by atoms with Crippen molar-refractivity contribution in [1.82, 2.24) is 34.5 Å². The minimum Gasteiger partial charge on any atom is -0.309 e. The number of nitrogens with zero attached hydrogens (tertiary/aromatic N) is 7. The Hall–Kier alpha value is -4.15. The lowest BCUT2D eigenvalue weighted by molar-refractivity contribution is -0.141. The zero-order valence-corrected chi connectivity index (χ0v) is 18.5. The van der Waals surface area contributed by atoms with Gasteiger partial charge in [-0.2, -0.15) is 28.6 Å². The third-order valence-electron chi connectivity index (χ3n) is 6.41. The van der Waals surface area contributed by atoms with E-state index in [9.17, 15) is 32.0 Å². The molecule has 1 aliphatic carbocycles. The van der Waals surface area contributed by atoms with Crippen LogP contribution in [0.4, 0.5) is 22.0 Å². The fraction of sp³-hybridized carbons (Fsp3) is 0.364. The molecule has 1 fully saturated rings. The molecular formula is C22H17F5N8O. The minimum atomic E-state index is -4.60. The Balaban J connectivity index is 1.54. The van der Waals surface area contributed by atoms with Gasteiger partial charge in [0.1, 0.15) is 23.0 Å². The number of pyridine rings is 1. The van der Waals surface area contributed by atoms with E-state index in [1.165, 1.54) is 21.6 Å². The van der Waals surface area contributed by atoms with E-state index < -0.39 is 29.9 Å². The first-order valence-corrected chi connectivity index (χ1v) is 10.9. The first kappa shape index (κ1) is 23.6. The van der Waals surface area contributed by atoms with Gasteiger partial charge < -0.3 is 4.98 Å². The fourth-order valence-corrected chi connectivity index (χ4v) is 4.31. The minimum absolute atomic E-state index is 0.0529. The van der Waals surface area contributed by atoms with Gasteiger partial charge in [0.15, 0.2) is 11.3 Å². The zero-order chi connectivity index (χ0) is 25.8. The third kappa shape index (κ3) is 3.90. The highest BCUT2D eigenvalue weighted by Gasteiger charge is 2.37. The van der Waals surface area contributed by atoms with Crippen LogP contribution in [-0.2, 0) is 6.18 Å². The first-order valence-electron chi connectivity index (χ1n) is 10.9. The maximum atomic E-state index is 13.0. The van der Waals surface area contributed by atoms with Crippen molar-refractivity contribution in [2.45, 2.75) is 50.4 Å². The molecule has 5 rings (SSSR count). The molecule has 1 saturated carbocycles. The number of hydrogen-bond acceptors (Lipinski definition) is 6. The summed E-state index contributed by atoms with van der Waals surface area (Å²) in [4.78, 5) is 23.6. The van der Waals surface area contributed by atoms with Gasteiger partial charge >= 0.3 is 6.18 Å². The Labute approximate surface area is 199 Å². The van der Waals surface area contributed by atoms with Crippen LogP contribution in [0, 0.1) is 11.3 Å². The molecule has 0 spiro atoms. The number of alkyl halides is 5. The lowest BCUT2D eigenvalue weighted by Crippen LogP contribution is -2.31. The number of nitrogens with one attached hydrogen (secondary N) is 1. The quantitative estimate of drug-likeness (QED) is 0.406. The summed E-state index contributed by atoms with van der Waals surface area (Å²) in [6.07, 6.45) is -2.60. The summed E-state index contributed by atoms with van der Waals surface area (Å²) in [5.74, 6) is -0.0503. The highest BCUT2D eigenvalue weighted by molar-refractivity contribution is 5.80. The smallest absolute Gasteiger partial charge is 0.309 e. The molecule has 0 radical (unpaired) electrons. The number of aromatic amines is 1. The Morgan fingerprint density at radius 1 is 1.19 bits per heavy atom. The molecule has 4 aromatic rings. The number of hydrogen-bond donors (Lipinski definition) is 1. The van der Waals surface area contributed by atoms with Crippen molar-refractivity contribution in [3.63, 3.8) is 0 Å². The molecule has 186 valence electrons. The van der Waals surface area contributed by atoms with Crippen molar-refractivity contribution in [2.75, 3.05) is 0 Å². The maximum Gasteiger partial charge on any atom is 0.433 e. The highest BCUT2D eigenvalue weighted by Crippen LogP contribution is 2.44. The average molecular weight is 504 g/mol. The van der Waals surface area contributed by atoms with Gasteiger partial charge in [0.05, 0.1) is 23.8 Å². The summed E-state index contributed by atoms with van der Waals surface area (Å²) < 4.78 is 67.4. The summed E-state index contributed by atoms with van der Waals surface area (Å²) in [7, 11) is 0. The van der Waals surface area contributed by atoms with E-state index in [0.717, 1.165) is 18.5 Å². The van der Waals surface area contributed by atoms with Crippen LogP contribution in [0.2, 0.25) is 0 Å². The maximum absolute atomic E-state index is 13.0. The van der Waals surface area contributed by atoms with Crippen molar-refractivity contribution < 1.29 is 22.0 Å². The van der Waals surface area contributed by atoms with E-state index in [4.69, 9.17) is 0 Å². The molecule has 0 saturated heterocycles. The molecule has 14 heteroatoms. The van der Waals surface area contributed by atoms with E-state index in [-0.39, 0.29) is 40.1 Å². The van der Waals surface area contributed by atoms with Crippen LogP contribution in [-0.4, -0.2) is 34.5 Å². The SMILES string of the molecule is C[C@@H](c1ccc(C(F)(F)F)nc1)n1nc(C#N)c2c(=O)[nH]c([C@@H]3CC[C@H]3n3cc(C(F)F)cn3)nc21. The predicted octanol–water partition coefficient (Wildman–Crippen LogP) is 4.27. The van der Waals surface area contributed by atoms with Crippen LogP contribution in [0.3, 0.4) is 0 Å². The van der Waals surface area contributed by atoms with Crippen molar-refractivity contribution in [3.8, 4) is 6.07 Å². The number of halogens is 5. The lowest BCUT2D eigenvalue weighted by Gasteiger charge is -2.35. The summed E-state index contributed by atoms with van der Waals surface area (Å²) in [5, 5.41) is 17.7. The van der Waals surface area contributed by atoms with Gasteiger partial charge in [-0.15, -0.1) is 0 Å². The molecule has 0 aliphatic heterocycles. The molecule has 0 amide bonds. The summed E-state index contributed by atoms with van der Waals surface area (Å²) in [6, 6.07) is 2.92. The fourth-order valence-electron chi connectivity index (χ4n) is 4.31. The number of nitriles is 1. The van der Waals surface area contributed by atoms with Gasteiger partial charge in [-0.1, -0.05) is 6.07 Å². The van der Waals surface area contributed by atoms with Gasteiger partial charge in [0.2, 0.25) is 0 Å². The lowest BCUT2D eigenvalue weighted by atomic mass is 9.79. The van der Waals surface area contributed by atoms with Crippen LogP contribution in [0.5, 0.6) is 0 Å². The Morgan fingerprint density at radius 3 is 2.53 bits per heavy atom. The van der Waals surface area contributed by atoms with Crippen LogP contribution in [0.15, 0.2) is 35.5 Å². The topological polar surface area (TPSA) is 118 Å². The van der Waals surface area contributed by atoms with Crippen LogP contribution in [0.25, 0.3) is 11.0 Å². The van der Waals surface area contributed by atoms with Crippen LogP contribution in [0.1, 0.15) is 72.5 Å². The van der Waals surface area contributed by atoms with Gasteiger partial charge in [0, 0.05) is 18.3 Å². The van der Waals surface area contributed by atoms with E-state index >= 15 is 0 Å². The first-order chi connectivity index (χ1) is 17.1. The molecule has 36 heavy (non-hydrogen) atoms. The van der Waals surface area contributed by atoms with Crippen LogP contribution < -0.4 is 5.56 Å². The second-order valence-electron chi connectivity index (χ2n) is 8.51. The van der Waals surface area contributed by atoms with Crippen molar-refractivity contribution in [3.05, 3.63) is 69.4 Å². The Morgan fingerprint density at radius 2 is 1.97 bits per heavy atom. The van der Waals surface area contributed by atoms with Crippen molar-refractivity contribution in [1.29, 1.82) is 5.26 Å². The molecule has 4 aromatic heterocycles. The third-order valence-corrected chi connectivity index (χ3v) is 6.41. The van der Waals surface area contributed by atoms with Crippen molar-refractivity contribution >= 4 is 11.0 Å². The average Bonchev–Trinajstić information content (AvgIpc) is 3.43. The highest BCUT2D eigenvalue weighted by atomic mass is 19.4. The monoisotopic (exact) mass is 504 g/mol. The zero-order valence-electron chi connectivity index (χ0n) is 18.5. The van der Waals surface area contributed by atoms with Gasteiger partial charge in [-0.25, -0.2) is 18.4 Å².